The van der Waals surface area contributed by atoms with E-state index in [2.05, 4.69) is 0 Å². The predicted octanol–water partition coefficient (Wildman–Crippen LogP) is 5.73. The Bertz CT molecular complexity index is 915. The Hall–Kier alpha value is -1.88. The van der Waals surface area contributed by atoms with Crippen LogP contribution < -0.4 is 0 Å². The molecule has 0 aliphatic heterocycles. The average molecular weight is 556 g/mol. The lowest BCUT2D eigenvalue weighted by atomic mass is 10.1. The molecular weight excluding hydrogens is 555 g/mol. The van der Waals surface area contributed by atoms with Crippen molar-refractivity contribution in [3.63, 3.8) is 0 Å². The highest BCUT2D eigenvalue weighted by Gasteiger charge is 2.75. The van der Waals surface area contributed by atoms with Crippen molar-refractivity contribution in [2.75, 3.05) is 0 Å². The van der Waals surface area contributed by atoms with Gasteiger partial charge in [0.15, 0.2) is 5.83 Å². The second-order valence-corrected chi connectivity index (χ2v) is 6.45. The molecule has 0 aromatic rings. The lowest BCUT2D eigenvalue weighted by Crippen LogP contribution is -2.52. The van der Waals surface area contributed by atoms with Crippen LogP contribution in [0.3, 0.4) is 0 Å². The third-order valence-electron chi connectivity index (χ3n) is 2.64. The monoisotopic (exact) mass is 556 g/mol. The van der Waals surface area contributed by atoms with Gasteiger partial charge in [-0.1, -0.05) is 0 Å². The second-order valence-electron chi connectivity index (χ2n) is 5.03. The summed E-state index contributed by atoms with van der Waals surface area (Å²) in [5.41, 5.74) is -6.52. The second kappa shape index (κ2) is 8.72. The minimum atomic E-state index is -7.58. The minimum Gasteiger partial charge on any atom is -0.279 e. The van der Waals surface area contributed by atoms with Crippen molar-refractivity contribution in [1.82, 2.24) is 0 Å². The molecule has 1 N–H and O–H groups in total. The van der Waals surface area contributed by atoms with Gasteiger partial charge in [0.2, 0.25) is 17.5 Å². The highest BCUT2D eigenvalue weighted by Crippen LogP contribution is 2.52. The van der Waals surface area contributed by atoms with Gasteiger partial charge in [-0.3, -0.25) is 4.55 Å². The first kappa shape index (κ1) is 31.1. The van der Waals surface area contributed by atoms with Gasteiger partial charge >= 0.3 is 46.0 Å². The Kier molecular flexibility index (Phi) is 8.22. The molecule has 0 unspecified atom stereocenters. The van der Waals surface area contributed by atoms with Gasteiger partial charge in [-0.2, -0.15) is 61.1 Å². The van der Waals surface area contributed by atoms with Gasteiger partial charge in [0, 0.05) is 0 Å². The summed E-state index contributed by atoms with van der Waals surface area (Å²) in [6, 6.07) is 0. The Morgan fingerprint density at radius 1 is 0.636 bits per heavy atom. The molecule has 0 aromatic carbocycles. The van der Waals surface area contributed by atoms with Gasteiger partial charge in [0.05, 0.1) is 0 Å². The van der Waals surface area contributed by atoms with Gasteiger partial charge in [0.25, 0.3) is 0 Å². The summed E-state index contributed by atoms with van der Waals surface area (Å²) in [6.45, 7) is 0. The average Bonchev–Trinajstić information content (AvgIpc) is 2.54. The summed E-state index contributed by atoms with van der Waals surface area (Å²) in [7, 11) is -7.00. The maximum absolute atomic E-state index is 13.1. The molecule has 0 spiro atoms. The third-order valence-corrected chi connectivity index (χ3v) is 3.33. The van der Waals surface area contributed by atoms with E-state index in [4.69, 9.17) is 4.55 Å². The van der Waals surface area contributed by atoms with Crippen LogP contribution in [0.15, 0.2) is 23.3 Å². The van der Waals surface area contributed by atoms with E-state index >= 15 is 0 Å². The maximum atomic E-state index is 13.1. The number of halogens is 17. The molecule has 5 nitrogen and oxygen atoms in total. The lowest BCUT2D eigenvalue weighted by molar-refractivity contribution is -0.495. The molecule has 0 heterocycles. The predicted molar refractivity (Wildman–Crippen MR) is 63.0 cm³/mol. The highest BCUT2D eigenvalue weighted by molar-refractivity contribution is 7.86. The van der Waals surface area contributed by atoms with Gasteiger partial charge in [-0.25, -0.2) is 22.6 Å². The lowest BCUT2D eigenvalue weighted by Gasteiger charge is -2.27. The van der Waals surface area contributed by atoms with Crippen molar-refractivity contribution in [1.29, 1.82) is 0 Å². The molecule has 0 saturated heterocycles. The zero-order valence-corrected chi connectivity index (χ0v) is 14.7. The van der Waals surface area contributed by atoms with E-state index in [0.717, 1.165) is 0 Å². The van der Waals surface area contributed by atoms with E-state index in [0.29, 0.717) is 0 Å². The van der Waals surface area contributed by atoms with Crippen LogP contribution in [0.25, 0.3) is 0 Å². The van der Waals surface area contributed by atoms with Crippen molar-refractivity contribution in [2.45, 2.75) is 35.9 Å². The fourth-order valence-corrected chi connectivity index (χ4v) is 1.38. The largest absolute Gasteiger partial charge is 0.496 e. The first-order valence-corrected chi connectivity index (χ1v) is 7.94. The first-order valence-electron chi connectivity index (χ1n) is 6.50. The Balaban J connectivity index is 6.33. The molecule has 0 atom stereocenters. The Labute approximate surface area is 167 Å². The van der Waals surface area contributed by atoms with Crippen LogP contribution in [-0.4, -0.2) is 48.8 Å². The summed E-state index contributed by atoms with van der Waals surface area (Å²) in [5, 5.41) is 0. The molecule has 0 saturated carbocycles. The van der Waals surface area contributed by atoms with Crippen LogP contribution in [0.4, 0.5) is 74.6 Å². The molecule has 0 radical (unpaired) electrons. The van der Waals surface area contributed by atoms with E-state index in [-0.39, 0.29) is 0 Å². The van der Waals surface area contributed by atoms with E-state index in [1.165, 1.54) is 0 Å². The molecule has 0 aliphatic carbocycles. The van der Waals surface area contributed by atoms with Crippen LogP contribution in [-0.2, 0) is 19.6 Å². The number of alkyl halides is 13. The van der Waals surface area contributed by atoms with E-state index in [9.17, 15) is 83.1 Å². The van der Waals surface area contributed by atoms with Crippen LogP contribution in [0.1, 0.15) is 0 Å². The molecule has 0 fully saturated rings. The zero-order valence-electron chi connectivity index (χ0n) is 13.9. The molecule has 0 bridgehead atoms. The van der Waals surface area contributed by atoms with Crippen molar-refractivity contribution in [3.8, 4) is 0 Å². The van der Waals surface area contributed by atoms with Crippen molar-refractivity contribution in [2.24, 2.45) is 0 Å². The fourth-order valence-electron chi connectivity index (χ4n) is 1.18. The van der Waals surface area contributed by atoms with Crippen LogP contribution in [0.2, 0.25) is 0 Å². The molecule has 33 heavy (non-hydrogen) atoms. The summed E-state index contributed by atoms with van der Waals surface area (Å²) in [5.74, 6) is -33.7. The number of hydrogen-bond acceptors (Lipinski definition) is 4. The van der Waals surface area contributed by atoms with Crippen LogP contribution in [0.5, 0.6) is 0 Å². The molecule has 0 aromatic heterocycles. The van der Waals surface area contributed by atoms with E-state index in [1.54, 1.807) is 9.47 Å². The zero-order chi connectivity index (χ0) is 27.2. The Morgan fingerprint density at radius 2 is 1.00 bits per heavy atom. The SMILES string of the molecule is O=S(=O)(O)C(F)(F)OC(F)(F)OC(F)(F)C(F)=C(F)C(F)=C(F)C(F)(F)C(F)(F)C(F)(F)F. The third kappa shape index (κ3) is 6.38. The van der Waals surface area contributed by atoms with E-state index in [1.807, 2.05) is 0 Å². The smallest absolute Gasteiger partial charge is 0.279 e. The van der Waals surface area contributed by atoms with Crippen molar-refractivity contribution >= 4 is 10.1 Å². The Morgan fingerprint density at radius 3 is 1.33 bits per heavy atom. The number of rotatable bonds is 9. The van der Waals surface area contributed by atoms with Gasteiger partial charge in [0.1, 0.15) is 0 Å². The maximum Gasteiger partial charge on any atom is 0.496 e. The van der Waals surface area contributed by atoms with E-state index < -0.39 is 69.3 Å². The molecule has 0 rings (SSSR count). The standard InChI is InChI=1S/C10HF17O5S/c11-1(3(13)5(15,16)7(19,20)8(21,22)23)2(12)4(14)6(17,18)31-9(24,25)32-10(26,27)33(28,29)30/h(H,28,29,30). The number of hydrogen-bond donors (Lipinski definition) is 1. The fraction of sp³-hybridized carbons (Fsp3) is 0.600. The van der Waals surface area contributed by atoms with Gasteiger partial charge in [-0.15, -0.1) is 8.78 Å². The summed E-state index contributed by atoms with van der Waals surface area (Å²) >= 11 is 0. The summed E-state index contributed by atoms with van der Waals surface area (Å²) in [4.78, 5) is 0. The van der Waals surface area contributed by atoms with Crippen LogP contribution >= 0.6 is 0 Å². The van der Waals surface area contributed by atoms with Crippen LogP contribution in [0, 0.1) is 0 Å². The van der Waals surface area contributed by atoms with Crippen molar-refractivity contribution < 1.29 is 97.1 Å². The van der Waals surface area contributed by atoms with Gasteiger partial charge < -0.3 is 0 Å². The quantitative estimate of drug-likeness (QED) is 0.170. The summed E-state index contributed by atoms with van der Waals surface area (Å²) < 4.78 is 246. The first-order chi connectivity index (χ1) is 14.1. The minimum absolute atomic E-state index is 1.73. The molecular formula is C10HF17O5S. The topological polar surface area (TPSA) is 72.8 Å². The van der Waals surface area contributed by atoms with Crippen molar-refractivity contribution in [3.05, 3.63) is 23.3 Å². The normalized spacial score (nSPS) is 17.0. The number of ether oxygens (including phenoxy) is 2. The summed E-state index contributed by atoms with van der Waals surface area (Å²) in [6.07, 6.45) is -21.1. The highest BCUT2D eigenvalue weighted by atomic mass is 32.2. The molecule has 0 aliphatic rings. The molecule has 0 amide bonds. The molecule has 23 heteroatoms. The van der Waals surface area contributed by atoms with Gasteiger partial charge in [-0.05, 0) is 0 Å². The number of allylic oxidation sites excluding steroid dienone is 3. The molecule has 196 valence electrons.